The molecule has 2 N–H and O–H groups in total. The van der Waals surface area contributed by atoms with Crippen molar-refractivity contribution in [2.24, 2.45) is 0 Å². The zero-order valence-electron chi connectivity index (χ0n) is 8.29. The predicted molar refractivity (Wildman–Crippen MR) is 58.0 cm³/mol. The van der Waals surface area contributed by atoms with E-state index in [1.165, 1.54) is 17.8 Å². The molecule has 0 aliphatic carbocycles. The molecule has 1 aromatic heterocycles. The zero-order valence-corrected chi connectivity index (χ0v) is 9.10. The third kappa shape index (κ3) is 3.74. The number of nitrogens with zero attached hydrogens (tertiary/aromatic N) is 2. The lowest BCUT2D eigenvalue weighted by atomic mass is 10.3. The SMILES string of the molecule is CCCN(C)CCc1csc(N)n1. The first-order chi connectivity index (χ1) is 6.22. The van der Waals surface area contributed by atoms with Gasteiger partial charge in [0.05, 0.1) is 5.69 Å². The fourth-order valence-corrected chi connectivity index (χ4v) is 1.83. The zero-order chi connectivity index (χ0) is 9.68. The highest BCUT2D eigenvalue weighted by atomic mass is 32.1. The Morgan fingerprint density at radius 2 is 2.31 bits per heavy atom. The van der Waals surface area contributed by atoms with Crippen LogP contribution in [0.2, 0.25) is 0 Å². The summed E-state index contributed by atoms with van der Waals surface area (Å²) in [4.78, 5) is 6.53. The summed E-state index contributed by atoms with van der Waals surface area (Å²) < 4.78 is 0. The van der Waals surface area contributed by atoms with E-state index in [1.54, 1.807) is 0 Å². The Balaban J connectivity index is 2.26. The van der Waals surface area contributed by atoms with Crippen LogP contribution in [0.3, 0.4) is 0 Å². The number of likely N-dealkylation sites (N-methyl/N-ethyl adjacent to an activating group) is 1. The first-order valence-electron chi connectivity index (χ1n) is 4.60. The average molecular weight is 199 g/mol. The molecule has 0 radical (unpaired) electrons. The number of anilines is 1. The smallest absolute Gasteiger partial charge is 0.180 e. The Morgan fingerprint density at radius 1 is 1.54 bits per heavy atom. The summed E-state index contributed by atoms with van der Waals surface area (Å²) in [5.74, 6) is 0. The van der Waals surface area contributed by atoms with Crippen LogP contribution in [0.4, 0.5) is 5.13 Å². The van der Waals surface area contributed by atoms with Crippen molar-refractivity contribution in [2.45, 2.75) is 19.8 Å². The second kappa shape index (κ2) is 5.19. The van der Waals surface area contributed by atoms with E-state index in [1.807, 2.05) is 5.38 Å². The summed E-state index contributed by atoms with van der Waals surface area (Å²) in [5, 5.41) is 2.71. The van der Waals surface area contributed by atoms with E-state index in [0.717, 1.165) is 25.2 Å². The van der Waals surface area contributed by atoms with Gasteiger partial charge >= 0.3 is 0 Å². The average Bonchev–Trinajstić information content (AvgIpc) is 2.49. The van der Waals surface area contributed by atoms with Crippen LogP contribution in [0.25, 0.3) is 0 Å². The van der Waals surface area contributed by atoms with Gasteiger partial charge in [-0.1, -0.05) is 6.92 Å². The number of hydrogen-bond donors (Lipinski definition) is 1. The molecule has 0 amide bonds. The van der Waals surface area contributed by atoms with Crippen LogP contribution in [0.15, 0.2) is 5.38 Å². The van der Waals surface area contributed by atoms with Gasteiger partial charge in [0.25, 0.3) is 0 Å². The molecule has 0 aromatic carbocycles. The molecule has 3 nitrogen and oxygen atoms in total. The maximum absolute atomic E-state index is 5.54. The molecule has 0 unspecified atom stereocenters. The molecule has 1 heterocycles. The third-order valence-corrected chi connectivity index (χ3v) is 2.65. The van der Waals surface area contributed by atoms with Crippen molar-refractivity contribution in [2.75, 3.05) is 25.9 Å². The number of hydrogen-bond acceptors (Lipinski definition) is 4. The standard InChI is InChI=1S/C9H17N3S/c1-3-5-12(2)6-4-8-7-13-9(10)11-8/h7H,3-6H2,1-2H3,(H2,10,11). The predicted octanol–water partition coefficient (Wildman–Crippen LogP) is 1.61. The highest BCUT2D eigenvalue weighted by molar-refractivity contribution is 7.13. The molecule has 13 heavy (non-hydrogen) atoms. The molecule has 0 atom stereocenters. The first-order valence-corrected chi connectivity index (χ1v) is 5.48. The molecule has 0 aliphatic heterocycles. The quantitative estimate of drug-likeness (QED) is 0.783. The minimum Gasteiger partial charge on any atom is -0.375 e. The summed E-state index contributed by atoms with van der Waals surface area (Å²) in [6.45, 7) is 4.41. The monoisotopic (exact) mass is 199 g/mol. The summed E-state index contributed by atoms with van der Waals surface area (Å²) in [6.07, 6.45) is 2.21. The van der Waals surface area contributed by atoms with E-state index in [2.05, 4.69) is 23.9 Å². The molecule has 0 spiro atoms. The normalized spacial score (nSPS) is 11.0. The Morgan fingerprint density at radius 3 is 2.85 bits per heavy atom. The third-order valence-electron chi connectivity index (χ3n) is 1.92. The topological polar surface area (TPSA) is 42.1 Å². The van der Waals surface area contributed by atoms with Gasteiger partial charge in [0.2, 0.25) is 0 Å². The van der Waals surface area contributed by atoms with Gasteiger partial charge < -0.3 is 10.6 Å². The van der Waals surface area contributed by atoms with Crippen LogP contribution in [-0.2, 0) is 6.42 Å². The van der Waals surface area contributed by atoms with Crippen LogP contribution in [0.1, 0.15) is 19.0 Å². The highest BCUT2D eigenvalue weighted by Gasteiger charge is 2.01. The van der Waals surface area contributed by atoms with Gasteiger partial charge in [-0.15, -0.1) is 11.3 Å². The summed E-state index contributed by atoms with van der Waals surface area (Å²) >= 11 is 1.52. The number of thiazole rings is 1. The van der Waals surface area contributed by atoms with Crippen molar-refractivity contribution in [1.82, 2.24) is 9.88 Å². The second-order valence-corrected chi connectivity index (χ2v) is 4.12. The molecule has 4 heteroatoms. The lowest BCUT2D eigenvalue weighted by Crippen LogP contribution is -2.21. The van der Waals surface area contributed by atoms with E-state index >= 15 is 0 Å². The number of nitrogen functional groups attached to an aromatic ring is 1. The molecule has 1 rings (SSSR count). The fraction of sp³-hybridized carbons (Fsp3) is 0.667. The van der Waals surface area contributed by atoms with Gasteiger partial charge in [-0.05, 0) is 20.0 Å². The minimum atomic E-state index is 0.674. The van der Waals surface area contributed by atoms with Crippen LogP contribution < -0.4 is 5.73 Å². The Kier molecular flexibility index (Phi) is 4.18. The van der Waals surface area contributed by atoms with Gasteiger partial charge in [-0.3, -0.25) is 0 Å². The Hall–Kier alpha value is -0.610. The van der Waals surface area contributed by atoms with Gasteiger partial charge in [0.15, 0.2) is 5.13 Å². The molecule has 0 saturated heterocycles. The van der Waals surface area contributed by atoms with Crippen molar-refractivity contribution in [3.05, 3.63) is 11.1 Å². The summed E-state index contributed by atoms with van der Waals surface area (Å²) in [6, 6.07) is 0. The van der Waals surface area contributed by atoms with Gasteiger partial charge in [0, 0.05) is 18.3 Å². The molecular weight excluding hydrogens is 182 g/mol. The molecule has 74 valence electrons. The van der Waals surface area contributed by atoms with E-state index in [0.29, 0.717) is 5.13 Å². The number of aromatic nitrogens is 1. The van der Waals surface area contributed by atoms with E-state index in [-0.39, 0.29) is 0 Å². The number of rotatable bonds is 5. The van der Waals surface area contributed by atoms with Crippen LogP contribution in [0.5, 0.6) is 0 Å². The van der Waals surface area contributed by atoms with Crippen molar-refractivity contribution in [1.29, 1.82) is 0 Å². The maximum atomic E-state index is 5.54. The first kappa shape index (κ1) is 10.5. The summed E-state index contributed by atoms with van der Waals surface area (Å²) in [7, 11) is 2.14. The van der Waals surface area contributed by atoms with Gasteiger partial charge in [-0.2, -0.15) is 0 Å². The van der Waals surface area contributed by atoms with Gasteiger partial charge in [-0.25, -0.2) is 4.98 Å². The summed E-state index contributed by atoms with van der Waals surface area (Å²) in [5.41, 5.74) is 6.65. The van der Waals surface area contributed by atoms with Crippen LogP contribution in [0, 0.1) is 0 Å². The number of nitrogens with two attached hydrogens (primary N) is 1. The van der Waals surface area contributed by atoms with Crippen molar-refractivity contribution in [3.8, 4) is 0 Å². The lowest BCUT2D eigenvalue weighted by Gasteiger charge is -2.13. The molecule has 0 saturated carbocycles. The van der Waals surface area contributed by atoms with Crippen molar-refractivity contribution < 1.29 is 0 Å². The largest absolute Gasteiger partial charge is 0.375 e. The highest BCUT2D eigenvalue weighted by Crippen LogP contribution is 2.11. The molecule has 1 aromatic rings. The fourth-order valence-electron chi connectivity index (χ4n) is 1.24. The van der Waals surface area contributed by atoms with E-state index in [9.17, 15) is 0 Å². The molecule has 0 fully saturated rings. The van der Waals surface area contributed by atoms with Crippen molar-refractivity contribution in [3.63, 3.8) is 0 Å². The molecular formula is C9H17N3S. The molecule has 0 bridgehead atoms. The Labute approximate surface area is 83.6 Å². The van der Waals surface area contributed by atoms with Crippen LogP contribution in [-0.4, -0.2) is 30.0 Å². The minimum absolute atomic E-state index is 0.674. The molecule has 0 aliphatic rings. The van der Waals surface area contributed by atoms with Crippen LogP contribution >= 0.6 is 11.3 Å². The second-order valence-electron chi connectivity index (χ2n) is 3.23. The Bertz CT molecular complexity index is 247. The lowest BCUT2D eigenvalue weighted by molar-refractivity contribution is 0.338. The van der Waals surface area contributed by atoms with Crippen molar-refractivity contribution >= 4 is 16.5 Å². The van der Waals surface area contributed by atoms with E-state index < -0.39 is 0 Å². The van der Waals surface area contributed by atoms with Gasteiger partial charge in [0.1, 0.15) is 0 Å². The maximum Gasteiger partial charge on any atom is 0.180 e. The van der Waals surface area contributed by atoms with E-state index in [4.69, 9.17) is 5.73 Å².